The second-order valence-corrected chi connectivity index (χ2v) is 6.39. The van der Waals surface area contributed by atoms with Gasteiger partial charge in [-0.3, -0.25) is 4.79 Å². The average molecular weight is 325 g/mol. The minimum absolute atomic E-state index is 0.0393. The first kappa shape index (κ1) is 16.2. The first-order chi connectivity index (χ1) is 11.0. The van der Waals surface area contributed by atoms with Crippen LogP contribution >= 0.6 is 0 Å². The summed E-state index contributed by atoms with van der Waals surface area (Å²) in [6.07, 6.45) is 2.87. The minimum Gasteiger partial charge on any atom is -0.493 e. The predicted molar refractivity (Wildman–Crippen MR) is 81.2 cm³/mol. The number of ether oxygens (including phenoxy) is 2. The average Bonchev–Trinajstić information content (AvgIpc) is 2.85. The molecular weight excluding hydrogens is 304 g/mol. The van der Waals surface area contributed by atoms with E-state index in [2.05, 4.69) is 9.64 Å². The molecule has 1 aliphatic carbocycles. The molecule has 0 aromatic heterocycles. The quantitative estimate of drug-likeness (QED) is 0.853. The third-order valence-electron chi connectivity index (χ3n) is 5.31. The molecule has 2 unspecified atom stereocenters. The Morgan fingerprint density at radius 3 is 2.78 bits per heavy atom. The molecule has 1 aromatic carbocycles. The van der Waals surface area contributed by atoms with E-state index in [9.17, 15) is 13.6 Å². The maximum Gasteiger partial charge on any atom is 0.387 e. The molecule has 1 heterocycles. The lowest BCUT2D eigenvalue weighted by molar-refractivity contribution is -0.122. The van der Waals surface area contributed by atoms with Crippen LogP contribution in [0.3, 0.4) is 0 Å². The molecule has 4 nitrogen and oxygen atoms in total. The van der Waals surface area contributed by atoms with Crippen molar-refractivity contribution in [3.63, 3.8) is 0 Å². The number of rotatable bonds is 4. The molecule has 0 bridgehead atoms. The molecule has 1 saturated heterocycles. The first-order valence-corrected chi connectivity index (χ1v) is 7.81. The van der Waals surface area contributed by atoms with Crippen molar-refractivity contribution in [2.45, 2.75) is 43.8 Å². The van der Waals surface area contributed by atoms with E-state index in [4.69, 9.17) is 4.74 Å². The Labute approximate surface area is 134 Å². The van der Waals surface area contributed by atoms with Crippen molar-refractivity contribution < 1.29 is 23.0 Å². The fraction of sp³-hybridized carbons (Fsp3) is 0.588. The molecule has 1 aromatic rings. The summed E-state index contributed by atoms with van der Waals surface area (Å²) in [6, 6.07) is 5.33. The SMILES string of the molecule is COc1cc(C23CCC(=O)CC2N(C)CC3)ccc1OC(F)F. The van der Waals surface area contributed by atoms with Crippen LogP contribution in [0.2, 0.25) is 0 Å². The standard InChI is InChI=1S/C17H21F2NO3/c1-20-8-7-17(6-5-12(21)10-15(17)20)11-3-4-13(23-16(18)19)14(9-11)22-2/h3-4,9,15-16H,5-8,10H2,1-2H3. The van der Waals surface area contributed by atoms with Gasteiger partial charge in [0.15, 0.2) is 11.5 Å². The Morgan fingerprint density at radius 2 is 2.09 bits per heavy atom. The Morgan fingerprint density at radius 1 is 1.30 bits per heavy atom. The molecular formula is C17H21F2NO3. The first-order valence-electron chi connectivity index (χ1n) is 7.81. The number of halogens is 2. The molecule has 2 fully saturated rings. The summed E-state index contributed by atoms with van der Waals surface area (Å²) in [7, 11) is 3.48. The fourth-order valence-corrected chi connectivity index (χ4v) is 4.09. The molecule has 1 saturated carbocycles. The van der Waals surface area contributed by atoms with Crippen LogP contribution in [0.25, 0.3) is 0 Å². The summed E-state index contributed by atoms with van der Waals surface area (Å²) in [4.78, 5) is 14.1. The summed E-state index contributed by atoms with van der Waals surface area (Å²) in [6.45, 7) is -1.96. The lowest BCUT2D eigenvalue weighted by Gasteiger charge is -2.41. The van der Waals surface area contributed by atoms with Crippen molar-refractivity contribution in [3.8, 4) is 11.5 Å². The van der Waals surface area contributed by atoms with Crippen LogP contribution in [0.1, 0.15) is 31.2 Å². The third kappa shape index (κ3) is 2.80. The predicted octanol–water partition coefficient (Wildman–Crippen LogP) is 2.99. The minimum atomic E-state index is -2.88. The van der Waals surface area contributed by atoms with Gasteiger partial charge in [0.05, 0.1) is 7.11 Å². The normalized spacial score (nSPS) is 28.0. The van der Waals surface area contributed by atoms with Gasteiger partial charge in [-0.25, -0.2) is 0 Å². The van der Waals surface area contributed by atoms with Gasteiger partial charge in [-0.05, 0) is 44.1 Å². The van der Waals surface area contributed by atoms with E-state index in [1.54, 1.807) is 12.1 Å². The maximum atomic E-state index is 12.5. The number of likely N-dealkylation sites (tertiary alicyclic amines) is 1. The zero-order valence-corrected chi connectivity index (χ0v) is 13.4. The van der Waals surface area contributed by atoms with Crippen LogP contribution in [0.5, 0.6) is 11.5 Å². The second-order valence-electron chi connectivity index (χ2n) is 6.39. The Kier molecular flexibility index (Phi) is 4.27. The number of likely N-dealkylation sites (N-methyl/N-ethyl adjacent to an activating group) is 1. The summed E-state index contributed by atoms with van der Waals surface area (Å²) in [5, 5.41) is 0. The van der Waals surface area contributed by atoms with Crippen molar-refractivity contribution in [3.05, 3.63) is 23.8 Å². The molecule has 0 spiro atoms. The summed E-state index contributed by atoms with van der Waals surface area (Å²) in [5.41, 5.74) is 0.928. The van der Waals surface area contributed by atoms with Crippen LogP contribution in [-0.4, -0.2) is 44.0 Å². The van der Waals surface area contributed by atoms with E-state index >= 15 is 0 Å². The van der Waals surface area contributed by atoms with Crippen molar-refractivity contribution in [2.24, 2.45) is 0 Å². The van der Waals surface area contributed by atoms with Crippen LogP contribution in [0, 0.1) is 0 Å². The smallest absolute Gasteiger partial charge is 0.387 e. The maximum absolute atomic E-state index is 12.5. The van der Waals surface area contributed by atoms with Gasteiger partial charge in [-0.15, -0.1) is 0 Å². The van der Waals surface area contributed by atoms with Gasteiger partial charge in [0.1, 0.15) is 5.78 Å². The topological polar surface area (TPSA) is 38.8 Å². The molecule has 2 atom stereocenters. The number of carbonyl (C=O) groups is 1. The molecule has 6 heteroatoms. The van der Waals surface area contributed by atoms with Crippen molar-refractivity contribution in [1.29, 1.82) is 0 Å². The Balaban J connectivity index is 1.98. The monoisotopic (exact) mass is 325 g/mol. The fourth-order valence-electron chi connectivity index (χ4n) is 4.09. The number of fused-ring (bicyclic) bond motifs is 1. The van der Waals surface area contributed by atoms with E-state index in [-0.39, 0.29) is 17.2 Å². The number of nitrogens with zero attached hydrogens (tertiary/aromatic N) is 1. The van der Waals surface area contributed by atoms with E-state index in [1.807, 2.05) is 13.1 Å². The number of carbonyl (C=O) groups excluding carboxylic acids is 1. The van der Waals surface area contributed by atoms with E-state index in [0.29, 0.717) is 24.4 Å². The number of hydrogen-bond donors (Lipinski definition) is 0. The van der Waals surface area contributed by atoms with Gasteiger partial charge in [0.2, 0.25) is 0 Å². The molecule has 1 aliphatic heterocycles. The molecule has 0 N–H and O–H groups in total. The summed E-state index contributed by atoms with van der Waals surface area (Å²) in [5.74, 6) is 0.642. The number of benzene rings is 1. The third-order valence-corrected chi connectivity index (χ3v) is 5.31. The number of ketones is 1. The highest BCUT2D eigenvalue weighted by atomic mass is 19.3. The molecule has 126 valence electrons. The number of alkyl halides is 2. The van der Waals surface area contributed by atoms with Crippen LogP contribution in [0.4, 0.5) is 8.78 Å². The zero-order valence-electron chi connectivity index (χ0n) is 13.4. The van der Waals surface area contributed by atoms with Gasteiger partial charge in [0.25, 0.3) is 0 Å². The Hall–Kier alpha value is -1.69. The van der Waals surface area contributed by atoms with Crippen molar-refractivity contribution in [2.75, 3.05) is 20.7 Å². The lowest BCUT2D eigenvalue weighted by atomic mass is 9.66. The van der Waals surface area contributed by atoms with E-state index in [0.717, 1.165) is 24.9 Å². The zero-order chi connectivity index (χ0) is 16.6. The number of methoxy groups -OCH3 is 1. The van der Waals surface area contributed by atoms with Gasteiger partial charge in [0, 0.05) is 24.3 Å². The highest BCUT2D eigenvalue weighted by Crippen LogP contribution is 2.49. The highest BCUT2D eigenvalue weighted by Gasteiger charge is 2.50. The van der Waals surface area contributed by atoms with E-state index < -0.39 is 6.61 Å². The molecule has 23 heavy (non-hydrogen) atoms. The lowest BCUT2D eigenvalue weighted by Crippen LogP contribution is -2.46. The molecule has 0 amide bonds. The summed E-state index contributed by atoms with van der Waals surface area (Å²) < 4.78 is 34.7. The van der Waals surface area contributed by atoms with Gasteiger partial charge < -0.3 is 14.4 Å². The number of Topliss-reactive ketones (excluding diaryl/α,β-unsaturated/α-hetero) is 1. The molecule has 3 rings (SSSR count). The van der Waals surface area contributed by atoms with Crippen LogP contribution in [-0.2, 0) is 10.2 Å². The van der Waals surface area contributed by atoms with Gasteiger partial charge in [-0.2, -0.15) is 8.78 Å². The molecule has 2 aliphatic rings. The largest absolute Gasteiger partial charge is 0.493 e. The van der Waals surface area contributed by atoms with E-state index in [1.165, 1.54) is 7.11 Å². The highest BCUT2D eigenvalue weighted by molar-refractivity contribution is 5.81. The van der Waals surface area contributed by atoms with Crippen LogP contribution in [0.15, 0.2) is 18.2 Å². The van der Waals surface area contributed by atoms with Crippen molar-refractivity contribution >= 4 is 5.78 Å². The molecule has 0 radical (unpaired) electrons. The van der Waals surface area contributed by atoms with Gasteiger partial charge in [-0.1, -0.05) is 6.07 Å². The van der Waals surface area contributed by atoms with Crippen molar-refractivity contribution in [1.82, 2.24) is 4.90 Å². The Bertz CT molecular complexity index is 608. The number of hydrogen-bond acceptors (Lipinski definition) is 4. The summed E-state index contributed by atoms with van der Waals surface area (Å²) >= 11 is 0. The van der Waals surface area contributed by atoms with Gasteiger partial charge >= 0.3 is 6.61 Å². The van der Waals surface area contributed by atoms with Crippen LogP contribution < -0.4 is 9.47 Å². The second kappa shape index (κ2) is 6.07.